The highest BCUT2D eigenvalue weighted by Gasteiger charge is 2.15. The van der Waals surface area contributed by atoms with Crippen LogP contribution in [-0.2, 0) is 14.3 Å². The Morgan fingerprint density at radius 3 is 2.77 bits per heavy atom. The smallest absolute Gasteiger partial charge is 0.243 e. The van der Waals surface area contributed by atoms with Gasteiger partial charge in [0.2, 0.25) is 5.91 Å². The van der Waals surface area contributed by atoms with Crippen LogP contribution in [0.25, 0.3) is 0 Å². The van der Waals surface area contributed by atoms with Gasteiger partial charge in [0.15, 0.2) is 5.96 Å². The average Bonchev–Trinajstić information content (AvgIpc) is 2.98. The maximum absolute atomic E-state index is 11.6. The summed E-state index contributed by atoms with van der Waals surface area (Å²) in [6.45, 7) is 6.49. The molecule has 1 amide bonds. The van der Waals surface area contributed by atoms with Gasteiger partial charge in [0.25, 0.3) is 0 Å². The standard InChI is InChI=1S/C14H28N4O3.HI/c1-4-20-8-6-15-14(17-10-13(19)18(2)3)16-9-12-5-7-21-11-12;/h12H,4-11H2,1-3H3,(H2,15,16,17);1H. The molecule has 8 heteroatoms. The predicted octanol–water partition coefficient (Wildman–Crippen LogP) is 0.301. The van der Waals surface area contributed by atoms with Gasteiger partial charge in [0.1, 0.15) is 6.54 Å². The van der Waals surface area contributed by atoms with Crippen LogP contribution in [0.5, 0.6) is 0 Å². The first-order valence-corrected chi connectivity index (χ1v) is 7.51. The maximum Gasteiger partial charge on any atom is 0.243 e. The van der Waals surface area contributed by atoms with Crippen molar-refractivity contribution in [3.05, 3.63) is 0 Å². The minimum absolute atomic E-state index is 0. The zero-order valence-corrected chi connectivity index (χ0v) is 16.1. The largest absolute Gasteiger partial charge is 0.381 e. The van der Waals surface area contributed by atoms with Gasteiger partial charge in [-0.1, -0.05) is 0 Å². The Hall–Kier alpha value is -0.610. The van der Waals surface area contributed by atoms with Crippen molar-refractivity contribution < 1.29 is 14.3 Å². The molecular weight excluding hydrogens is 399 g/mol. The molecule has 0 aliphatic carbocycles. The lowest BCUT2D eigenvalue weighted by Crippen LogP contribution is -2.42. The molecule has 1 fully saturated rings. The molecule has 0 spiro atoms. The second-order valence-corrected chi connectivity index (χ2v) is 5.19. The Bertz CT molecular complexity index is 334. The minimum Gasteiger partial charge on any atom is -0.381 e. The number of nitrogens with zero attached hydrogens (tertiary/aromatic N) is 2. The molecule has 1 heterocycles. The maximum atomic E-state index is 11.6. The predicted molar refractivity (Wildman–Crippen MR) is 97.8 cm³/mol. The number of carbonyl (C=O) groups excluding carboxylic acids is 1. The third-order valence-electron chi connectivity index (χ3n) is 3.20. The zero-order valence-electron chi connectivity index (χ0n) is 13.8. The Balaban J connectivity index is 0.00000441. The average molecular weight is 428 g/mol. The van der Waals surface area contributed by atoms with Crippen molar-refractivity contribution in [2.75, 3.05) is 60.2 Å². The number of nitrogens with one attached hydrogen (secondary N) is 2. The highest BCUT2D eigenvalue weighted by molar-refractivity contribution is 14.0. The molecular formula is C14H29IN4O3. The van der Waals surface area contributed by atoms with Crippen molar-refractivity contribution in [2.24, 2.45) is 10.9 Å². The fraction of sp³-hybridized carbons (Fsp3) is 0.857. The summed E-state index contributed by atoms with van der Waals surface area (Å²) in [7, 11) is 3.45. The van der Waals surface area contributed by atoms with E-state index in [1.54, 1.807) is 14.1 Å². The van der Waals surface area contributed by atoms with Crippen LogP contribution in [-0.4, -0.2) is 76.9 Å². The molecule has 1 rings (SSSR count). The van der Waals surface area contributed by atoms with E-state index in [9.17, 15) is 4.79 Å². The van der Waals surface area contributed by atoms with E-state index in [2.05, 4.69) is 15.6 Å². The molecule has 1 aliphatic rings. The molecule has 0 aromatic carbocycles. The molecule has 1 aliphatic heterocycles. The van der Waals surface area contributed by atoms with Crippen LogP contribution in [0.2, 0.25) is 0 Å². The highest BCUT2D eigenvalue weighted by Crippen LogP contribution is 2.10. The summed E-state index contributed by atoms with van der Waals surface area (Å²) in [6.07, 6.45) is 1.07. The number of amides is 1. The SMILES string of the molecule is CCOCCNC(=NCC(=O)N(C)C)NCC1CCOC1.I. The minimum atomic E-state index is -0.0230. The van der Waals surface area contributed by atoms with Crippen LogP contribution in [0.1, 0.15) is 13.3 Å². The second kappa shape index (κ2) is 12.9. The summed E-state index contributed by atoms with van der Waals surface area (Å²) < 4.78 is 10.6. The van der Waals surface area contributed by atoms with Gasteiger partial charge < -0.3 is 25.0 Å². The lowest BCUT2D eigenvalue weighted by atomic mass is 10.1. The normalized spacial score (nSPS) is 17.8. The van der Waals surface area contributed by atoms with E-state index < -0.39 is 0 Å². The molecule has 7 nitrogen and oxygen atoms in total. The van der Waals surface area contributed by atoms with Crippen LogP contribution in [0.15, 0.2) is 4.99 Å². The summed E-state index contributed by atoms with van der Waals surface area (Å²) in [5.74, 6) is 1.13. The van der Waals surface area contributed by atoms with Crippen molar-refractivity contribution in [2.45, 2.75) is 13.3 Å². The van der Waals surface area contributed by atoms with Crippen molar-refractivity contribution in [3.8, 4) is 0 Å². The molecule has 22 heavy (non-hydrogen) atoms. The van der Waals surface area contributed by atoms with Gasteiger partial charge in [-0.05, 0) is 13.3 Å². The van der Waals surface area contributed by atoms with Gasteiger partial charge >= 0.3 is 0 Å². The van der Waals surface area contributed by atoms with Crippen LogP contribution >= 0.6 is 24.0 Å². The van der Waals surface area contributed by atoms with Gasteiger partial charge in [-0.25, -0.2) is 4.99 Å². The third-order valence-corrected chi connectivity index (χ3v) is 3.20. The molecule has 0 saturated carbocycles. The fourth-order valence-electron chi connectivity index (χ4n) is 1.83. The molecule has 0 aromatic rings. The van der Waals surface area contributed by atoms with Crippen LogP contribution < -0.4 is 10.6 Å². The number of ether oxygens (including phenoxy) is 2. The van der Waals surface area contributed by atoms with Crippen LogP contribution in [0.4, 0.5) is 0 Å². The molecule has 1 unspecified atom stereocenters. The topological polar surface area (TPSA) is 75.2 Å². The van der Waals surface area contributed by atoms with Crippen LogP contribution in [0.3, 0.4) is 0 Å². The monoisotopic (exact) mass is 428 g/mol. The summed E-state index contributed by atoms with van der Waals surface area (Å²) >= 11 is 0. The summed E-state index contributed by atoms with van der Waals surface area (Å²) in [5, 5.41) is 6.44. The number of hydrogen-bond acceptors (Lipinski definition) is 4. The lowest BCUT2D eigenvalue weighted by Gasteiger charge is -2.15. The Labute approximate surface area is 150 Å². The van der Waals surface area contributed by atoms with E-state index in [1.807, 2.05) is 6.92 Å². The highest BCUT2D eigenvalue weighted by atomic mass is 127. The van der Waals surface area contributed by atoms with Crippen molar-refractivity contribution in [1.29, 1.82) is 0 Å². The van der Waals surface area contributed by atoms with E-state index >= 15 is 0 Å². The first-order chi connectivity index (χ1) is 10.1. The van der Waals surface area contributed by atoms with E-state index in [4.69, 9.17) is 9.47 Å². The van der Waals surface area contributed by atoms with E-state index in [-0.39, 0.29) is 36.4 Å². The molecule has 0 bridgehead atoms. The van der Waals surface area contributed by atoms with Crippen molar-refractivity contribution in [1.82, 2.24) is 15.5 Å². The molecule has 1 atom stereocenters. The molecule has 2 N–H and O–H groups in total. The van der Waals surface area contributed by atoms with Gasteiger partial charge in [-0.3, -0.25) is 4.79 Å². The quantitative estimate of drug-likeness (QED) is 0.252. The number of carbonyl (C=O) groups is 1. The first-order valence-electron chi connectivity index (χ1n) is 7.51. The molecule has 1 saturated heterocycles. The molecule has 0 aromatic heterocycles. The number of rotatable bonds is 8. The van der Waals surface area contributed by atoms with E-state index in [1.165, 1.54) is 4.90 Å². The van der Waals surface area contributed by atoms with E-state index in [0.29, 0.717) is 31.6 Å². The van der Waals surface area contributed by atoms with Gasteiger partial charge in [-0.15, -0.1) is 24.0 Å². The van der Waals surface area contributed by atoms with Gasteiger partial charge in [-0.2, -0.15) is 0 Å². The third kappa shape index (κ3) is 9.42. The second-order valence-electron chi connectivity index (χ2n) is 5.19. The molecule has 130 valence electrons. The lowest BCUT2D eigenvalue weighted by molar-refractivity contribution is -0.127. The number of halogens is 1. The molecule has 0 radical (unpaired) electrons. The number of aliphatic imine (C=N–C) groups is 1. The summed E-state index contributed by atoms with van der Waals surface area (Å²) in [6, 6.07) is 0. The Morgan fingerprint density at radius 1 is 1.41 bits per heavy atom. The Kier molecular flexibility index (Phi) is 12.5. The van der Waals surface area contributed by atoms with Crippen molar-refractivity contribution >= 4 is 35.8 Å². The Morgan fingerprint density at radius 2 is 2.18 bits per heavy atom. The van der Waals surface area contributed by atoms with Crippen molar-refractivity contribution in [3.63, 3.8) is 0 Å². The number of guanidine groups is 1. The van der Waals surface area contributed by atoms with E-state index in [0.717, 1.165) is 26.2 Å². The summed E-state index contributed by atoms with van der Waals surface area (Å²) in [5.41, 5.74) is 0. The van der Waals surface area contributed by atoms with Crippen LogP contribution in [0, 0.1) is 5.92 Å². The first kappa shape index (κ1) is 21.4. The zero-order chi connectivity index (χ0) is 15.5. The number of likely N-dealkylation sites (N-methyl/N-ethyl adjacent to an activating group) is 1. The number of hydrogen-bond donors (Lipinski definition) is 2. The van der Waals surface area contributed by atoms with Gasteiger partial charge in [0, 0.05) is 46.3 Å². The van der Waals surface area contributed by atoms with Gasteiger partial charge in [0.05, 0.1) is 13.2 Å². The fourth-order valence-corrected chi connectivity index (χ4v) is 1.83. The summed E-state index contributed by atoms with van der Waals surface area (Å²) in [4.78, 5) is 17.4.